The van der Waals surface area contributed by atoms with Crippen molar-refractivity contribution in [1.29, 1.82) is 5.26 Å². The number of anilines is 1. The first-order valence-corrected chi connectivity index (χ1v) is 4.43. The molecule has 0 aliphatic heterocycles. The predicted molar refractivity (Wildman–Crippen MR) is 50.1 cm³/mol. The molecule has 13 heavy (non-hydrogen) atoms. The van der Waals surface area contributed by atoms with Gasteiger partial charge in [-0.2, -0.15) is 5.26 Å². The van der Waals surface area contributed by atoms with Crippen molar-refractivity contribution in [1.82, 2.24) is 4.98 Å². The molecule has 0 radical (unpaired) electrons. The minimum absolute atomic E-state index is 0.516. The van der Waals surface area contributed by atoms with Crippen LogP contribution in [-0.2, 0) is 0 Å². The van der Waals surface area contributed by atoms with E-state index >= 15 is 0 Å². The first-order chi connectivity index (χ1) is 6.31. The molecule has 1 heterocycles. The van der Waals surface area contributed by atoms with E-state index in [0.717, 1.165) is 5.82 Å². The Labute approximate surface area is 77.4 Å². The number of nitriles is 1. The third-order valence-electron chi connectivity index (χ3n) is 2.36. The molecule has 3 heteroatoms. The number of nitrogens with zero attached hydrogens (tertiary/aromatic N) is 2. The van der Waals surface area contributed by atoms with Crippen LogP contribution < -0.4 is 5.32 Å². The lowest BCUT2D eigenvalue weighted by atomic mass is 10.3. The van der Waals surface area contributed by atoms with Crippen molar-refractivity contribution in [2.75, 3.05) is 5.32 Å². The van der Waals surface area contributed by atoms with Crippen LogP contribution in [0, 0.1) is 17.2 Å². The number of pyridine rings is 1. The fourth-order valence-electron chi connectivity index (χ4n) is 1.31. The lowest BCUT2D eigenvalue weighted by Gasteiger charge is -2.04. The highest BCUT2D eigenvalue weighted by Gasteiger charge is 2.33. The molecule has 1 aromatic heterocycles. The fourth-order valence-corrected chi connectivity index (χ4v) is 1.31. The molecule has 1 aliphatic carbocycles. The van der Waals surface area contributed by atoms with Crippen molar-refractivity contribution < 1.29 is 0 Å². The molecule has 66 valence electrons. The molecule has 0 saturated heterocycles. The summed E-state index contributed by atoms with van der Waals surface area (Å²) in [7, 11) is 0. The molecule has 2 unspecified atom stereocenters. The molecule has 3 nitrogen and oxygen atoms in total. The van der Waals surface area contributed by atoms with E-state index in [4.69, 9.17) is 5.26 Å². The Morgan fingerprint density at radius 1 is 1.69 bits per heavy atom. The molecule has 0 bridgehead atoms. The van der Waals surface area contributed by atoms with Gasteiger partial charge in [-0.25, -0.2) is 4.98 Å². The van der Waals surface area contributed by atoms with Gasteiger partial charge >= 0.3 is 0 Å². The van der Waals surface area contributed by atoms with E-state index in [0.29, 0.717) is 17.5 Å². The summed E-state index contributed by atoms with van der Waals surface area (Å²) in [6.45, 7) is 2.19. The third-order valence-corrected chi connectivity index (χ3v) is 2.36. The summed E-state index contributed by atoms with van der Waals surface area (Å²) in [4.78, 5) is 4.13. The van der Waals surface area contributed by atoms with Gasteiger partial charge in [-0.1, -0.05) is 6.92 Å². The van der Waals surface area contributed by atoms with Gasteiger partial charge in [-0.05, 0) is 24.5 Å². The van der Waals surface area contributed by atoms with E-state index in [9.17, 15) is 0 Å². The highest BCUT2D eigenvalue weighted by molar-refractivity contribution is 5.52. The minimum Gasteiger partial charge on any atom is -0.366 e. The van der Waals surface area contributed by atoms with Crippen LogP contribution in [0.4, 0.5) is 5.82 Å². The molecule has 1 N–H and O–H groups in total. The van der Waals surface area contributed by atoms with Crippen molar-refractivity contribution >= 4 is 5.82 Å². The van der Waals surface area contributed by atoms with Crippen LogP contribution in [-0.4, -0.2) is 11.0 Å². The quantitative estimate of drug-likeness (QED) is 0.741. The van der Waals surface area contributed by atoms with Gasteiger partial charge in [-0.15, -0.1) is 0 Å². The first kappa shape index (κ1) is 8.06. The molecule has 2 rings (SSSR count). The van der Waals surface area contributed by atoms with Gasteiger partial charge < -0.3 is 5.32 Å². The van der Waals surface area contributed by atoms with Gasteiger partial charge in [-0.3, -0.25) is 0 Å². The zero-order chi connectivity index (χ0) is 9.26. The summed E-state index contributed by atoms with van der Waals surface area (Å²) < 4.78 is 0. The zero-order valence-corrected chi connectivity index (χ0v) is 7.49. The number of rotatable bonds is 2. The van der Waals surface area contributed by atoms with E-state index in [-0.39, 0.29) is 0 Å². The van der Waals surface area contributed by atoms with Crippen LogP contribution in [0.2, 0.25) is 0 Å². The van der Waals surface area contributed by atoms with Crippen LogP contribution in [0.5, 0.6) is 0 Å². The number of aromatic nitrogens is 1. The molecule has 1 aromatic rings. The smallest absolute Gasteiger partial charge is 0.144 e. The highest BCUT2D eigenvalue weighted by atomic mass is 15.0. The Morgan fingerprint density at radius 2 is 2.46 bits per heavy atom. The molecule has 1 saturated carbocycles. The molecule has 2 atom stereocenters. The molecule has 1 fully saturated rings. The van der Waals surface area contributed by atoms with Gasteiger partial charge in [0.2, 0.25) is 0 Å². The zero-order valence-electron chi connectivity index (χ0n) is 7.49. The molecule has 1 aliphatic rings. The number of hydrogen-bond acceptors (Lipinski definition) is 3. The summed E-state index contributed by atoms with van der Waals surface area (Å²) in [6, 6.07) is 6.19. The largest absolute Gasteiger partial charge is 0.366 e. The predicted octanol–water partition coefficient (Wildman–Crippen LogP) is 1.77. The van der Waals surface area contributed by atoms with Crippen LogP contribution in [0.15, 0.2) is 18.3 Å². The Kier molecular flexibility index (Phi) is 1.90. The molecular weight excluding hydrogens is 162 g/mol. The van der Waals surface area contributed by atoms with Crippen molar-refractivity contribution in [3.05, 3.63) is 23.9 Å². The first-order valence-electron chi connectivity index (χ1n) is 4.43. The summed E-state index contributed by atoms with van der Waals surface area (Å²) in [6.07, 6.45) is 2.89. The molecule has 0 aromatic carbocycles. The van der Waals surface area contributed by atoms with Crippen molar-refractivity contribution in [3.8, 4) is 6.07 Å². The average Bonchev–Trinajstić information content (AvgIpc) is 2.83. The van der Waals surface area contributed by atoms with E-state index in [1.54, 1.807) is 18.3 Å². The number of nitrogens with one attached hydrogen (secondary N) is 1. The molecule has 0 spiro atoms. The number of hydrogen-bond donors (Lipinski definition) is 1. The SMILES string of the molecule is CC1CC1Nc1ncccc1C#N. The standard InChI is InChI=1S/C10H11N3/c1-7-5-9(7)13-10-8(6-11)3-2-4-12-10/h2-4,7,9H,5H2,1H3,(H,12,13). The van der Waals surface area contributed by atoms with Gasteiger partial charge in [0, 0.05) is 12.2 Å². The summed E-state index contributed by atoms with van der Waals surface area (Å²) in [5.74, 6) is 1.44. The van der Waals surface area contributed by atoms with Crippen LogP contribution in [0.25, 0.3) is 0 Å². The van der Waals surface area contributed by atoms with Crippen molar-refractivity contribution in [3.63, 3.8) is 0 Å². The lowest BCUT2D eigenvalue weighted by Crippen LogP contribution is -2.06. The maximum absolute atomic E-state index is 8.79. The topological polar surface area (TPSA) is 48.7 Å². The Hall–Kier alpha value is -1.56. The second-order valence-electron chi connectivity index (χ2n) is 3.48. The maximum Gasteiger partial charge on any atom is 0.144 e. The normalized spacial score (nSPS) is 24.9. The van der Waals surface area contributed by atoms with Gasteiger partial charge in [0.25, 0.3) is 0 Å². The molecular formula is C10H11N3. The molecule has 0 amide bonds. The third kappa shape index (κ3) is 1.62. The van der Waals surface area contributed by atoms with E-state index in [1.807, 2.05) is 0 Å². The Balaban J connectivity index is 2.15. The average molecular weight is 173 g/mol. The fraction of sp³-hybridized carbons (Fsp3) is 0.400. The second-order valence-corrected chi connectivity index (χ2v) is 3.48. The monoisotopic (exact) mass is 173 g/mol. The Bertz CT molecular complexity index is 353. The van der Waals surface area contributed by atoms with Crippen molar-refractivity contribution in [2.45, 2.75) is 19.4 Å². The Morgan fingerprint density at radius 3 is 3.08 bits per heavy atom. The van der Waals surface area contributed by atoms with Crippen LogP contribution >= 0.6 is 0 Å². The van der Waals surface area contributed by atoms with Gasteiger partial charge in [0.05, 0.1) is 5.56 Å². The second kappa shape index (κ2) is 3.06. The maximum atomic E-state index is 8.79. The highest BCUT2D eigenvalue weighted by Crippen LogP contribution is 2.32. The summed E-state index contributed by atoms with van der Waals surface area (Å²) >= 11 is 0. The van der Waals surface area contributed by atoms with Crippen LogP contribution in [0.1, 0.15) is 18.9 Å². The van der Waals surface area contributed by atoms with E-state index < -0.39 is 0 Å². The van der Waals surface area contributed by atoms with E-state index in [1.165, 1.54) is 6.42 Å². The van der Waals surface area contributed by atoms with Gasteiger partial charge in [0.15, 0.2) is 0 Å². The van der Waals surface area contributed by atoms with Crippen LogP contribution in [0.3, 0.4) is 0 Å². The summed E-state index contributed by atoms with van der Waals surface area (Å²) in [5.41, 5.74) is 0.626. The lowest BCUT2D eigenvalue weighted by molar-refractivity contribution is 0.923. The minimum atomic E-state index is 0.516. The summed E-state index contributed by atoms with van der Waals surface area (Å²) in [5, 5.41) is 12.0. The van der Waals surface area contributed by atoms with Gasteiger partial charge in [0.1, 0.15) is 11.9 Å². The van der Waals surface area contributed by atoms with Crippen molar-refractivity contribution in [2.24, 2.45) is 5.92 Å². The van der Waals surface area contributed by atoms with E-state index in [2.05, 4.69) is 23.3 Å².